The number of tetrazole rings is 1. The van der Waals surface area contributed by atoms with Gasteiger partial charge < -0.3 is 10.6 Å². The van der Waals surface area contributed by atoms with Crippen molar-refractivity contribution in [1.82, 2.24) is 31.3 Å². The lowest BCUT2D eigenvalue weighted by Crippen LogP contribution is -2.35. The van der Waals surface area contributed by atoms with Crippen LogP contribution in [0.2, 0.25) is 0 Å². The van der Waals surface area contributed by atoms with Gasteiger partial charge >= 0.3 is 0 Å². The Morgan fingerprint density at radius 3 is 2.58 bits per heavy atom. The molecule has 1 heterocycles. The van der Waals surface area contributed by atoms with E-state index in [1.807, 2.05) is 20.8 Å². The Bertz CT molecular complexity index is 409. The molecule has 0 fully saturated rings. The van der Waals surface area contributed by atoms with E-state index in [1.54, 1.807) is 0 Å². The van der Waals surface area contributed by atoms with Gasteiger partial charge in [0.15, 0.2) is 5.82 Å². The maximum absolute atomic E-state index is 11.6. The quantitative estimate of drug-likeness (QED) is 0.616. The molecule has 106 valence electrons. The van der Waals surface area contributed by atoms with Crippen LogP contribution in [0.1, 0.15) is 39.4 Å². The van der Waals surface area contributed by atoms with E-state index >= 15 is 0 Å². The van der Waals surface area contributed by atoms with Crippen molar-refractivity contribution in [2.75, 3.05) is 6.54 Å². The Morgan fingerprint density at radius 2 is 2.00 bits per heavy atom. The van der Waals surface area contributed by atoms with Crippen molar-refractivity contribution in [3.05, 3.63) is 5.82 Å². The van der Waals surface area contributed by atoms with Crippen LogP contribution in [0.5, 0.6) is 0 Å². The molecule has 0 unspecified atom stereocenters. The number of nitrogens with one attached hydrogen (secondary N) is 3. The lowest BCUT2D eigenvalue weighted by Gasteiger charge is -2.17. The highest BCUT2D eigenvalue weighted by Gasteiger charge is 2.20. The predicted octanol–water partition coefficient (Wildman–Crippen LogP) is -0.242. The van der Waals surface area contributed by atoms with Crippen LogP contribution in [-0.4, -0.2) is 39.0 Å². The molecule has 0 spiro atoms. The van der Waals surface area contributed by atoms with Gasteiger partial charge in [-0.1, -0.05) is 26.0 Å². The Hall–Kier alpha value is -1.99. The number of nitrogens with zero attached hydrogens (tertiary/aromatic N) is 3. The molecule has 1 aromatic rings. The van der Waals surface area contributed by atoms with Crippen LogP contribution in [0, 0.1) is 5.41 Å². The molecule has 0 aliphatic carbocycles. The van der Waals surface area contributed by atoms with Crippen molar-refractivity contribution in [3.63, 3.8) is 0 Å². The van der Waals surface area contributed by atoms with Crippen molar-refractivity contribution < 1.29 is 9.59 Å². The van der Waals surface area contributed by atoms with E-state index in [4.69, 9.17) is 0 Å². The second-order valence-electron chi connectivity index (χ2n) is 5.21. The number of rotatable bonds is 6. The van der Waals surface area contributed by atoms with Gasteiger partial charge in [0.1, 0.15) is 0 Å². The fraction of sp³-hybridized carbons (Fsp3) is 0.727. The highest BCUT2D eigenvalue weighted by molar-refractivity contribution is 5.81. The van der Waals surface area contributed by atoms with Gasteiger partial charge in [0.05, 0.1) is 6.54 Å². The Balaban J connectivity index is 2.09. The average molecular weight is 268 g/mol. The van der Waals surface area contributed by atoms with Gasteiger partial charge in [-0.2, -0.15) is 5.21 Å². The molecule has 0 aliphatic rings. The summed E-state index contributed by atoms with van der Waals surface area (Å²) in [4.78, 5) is 23.0. The zero-order valence-corrected chi connectivity index (χ0v) is 11.5. The summed E-state index contributed by atoms with van der Waals surface area (Å²) in [7, 11) is 0. The molecule has 2 amide bonds. The highest BCUT2D eigenvalue weighted by Crippen LogP contribution is 2.12. The van der Waals surface area contributed by atoms with Gasteiger partial charge in [-0.3, -0.25) is 9.59 Å². The fourth-order valence-corrected chi connectivity index (χ4v) is 1.24. The van der Waals surface area contributed by atoms with Gasteiger partial charge in [0, 0.05) is 18.4 Å². The molecule has 0 radical (unpaired) electrons. The Morgan fingerprint density at radius 1 is 1.26 bits per heavy atom. The summed E-state index contributed by atoms with van der Waals surface area (Å²) in [6.07, 6.45) is 0.947. The fourth-order valence-electron chi connectivity index (χ4n) is 1.24. The number of hydrogen-bond donors (Lipinski definition) is 3. The van der Waals surface area contributed by atoms with E-state index in [0.717, 1.165) is 0 Å². The molecule has 3 N–H and O–H groups in total. The molecular formula is C11H20N6O2. The lowest BCUT2D eigenvalue weighted by atomic mass is 9.96. The van der Waals surface area contributed by atoms with Crippen molar-refractivity contribution >= 4 is 11.8 Å². The van der Waals surface area contributed by atoms with Crippen molar-refractivity contribution in [2.45, 2.75) is 40.2 Å². The van der Waals surface area contributed by atoms with Crippen LogP contribution in [-0.2, 0) is 16.1 Å². The normalized spacial score (nSPS) is 11.1. The summed E-state index contributed by atoms with van der Waals surface area (Å²) in [5.74, 6) is 0.323. The number of amides is 2. The van der Waals surface area contributed by atoms with E-state index in [0.29, 0.717) is 25.2 Å². The standard InChI is InChI=1S/C11H20N6O2/c1-11(2,3)10(19)12-6-4-5-9(18)13-7-8-14-16-17-15-8/h4-7H2,1-3H3,(H,12,19)(H,13,18)(H,14,15,16,17). The molecule has 1 rings (SSSR count). The van der Waals surface area contributed by atoms with Crippen LogP contribution >= 0.6 is 0 Å². The molecule has 0 aromatic carbocycles. The maximum Gasteiger partial charge on any atom is 0.225 e. The Kier molecular flexibility index (Phi) is 5.40. The number of carbonyl (C=O) groups excluding carboxylic acids is 2. The zero-order valence-electron chi connectivity index (χ0n) is 11.5. The number of H-pyrrole nitrogens is 1. The molecule has 8 heteroatoms. The van der Waals surface area contributed by atoms with Gasteiger partial charge in [0.25, 0.3) is 0 Å². The van der Waals surface area contributed by atoms with Crippen molar-refractivity contribution in [1.29, 1.82) is 0 Å². The molecule has 8 nitrogen and oxygen atoms in total. The minimum atomic E-state index is -0.402. The minimum Gasteiger partial charge on any atom is -0.356 e. The number of aromatic nitrogens is 4. The molecule has 19 heavy (non-hydrogen) atoms. The second kappa shape index (κ2) is 6.81. The topological polar surface area (TPSA) is 113 Å². The van der Waals surface area contributed by atoms with E-state index in [2.05, 4.69) is 31.3 Å². The first-order valence-corrected chi connectivity index (χ1v) is 6.17. The van der Waals surface area contributed by atoms with Gasteiger partial charge in [0.2, 0.25) is 11.8 Å². The monoisotopic (exact) mass is 268 g/mol. The first-order chi connectivity index (χ1) is 8.89. The van der Waals surface area contributed by atoms with E-state index in [1.165, 1.54) is 0 Å². The van der Waals surface area contributed by atoms with Crippen LogP contribution in [0.3, 0.4) is 0 Å². The first-order valence-electron chi connectivity index (χ1n) is 6.17. The van der Waals surface area contributed by atoms with E-state index in [-0.39, 0.29) is 18.4 Å². The lowest BCUT2D eigenvalue weighted by molar-refractivity contribution is -0.128. The predicted molar refractivity (Wildman–Crippen MR) is 67.7 cm³/mol. The summed E-state index contributed by atoms with van der Waals surface area (Å²) in [6.45, 7) is 6.29. The minimum absolute atomic E-state index is 0.0142. The highest BCUT2D eigenvalue weighted by atomic mass is 16.2. The van der Waals surface area contributed by atoms with Crippen molar-refractivity contribution in [2.24, 2.45) is 5.41 Å². The van der Waals surface area contributed by atoms with E-state index < -0.39 is 5.41 Å². The smallest absolute Gasteiger partial charge is 0.225 e. The summed E-state index contributed by atoms with van der Waals surface area (Å²) < 4.78 is 0. The largest absolute Gasteiger partial charge is 0.356 e. The third kappa shape index (κ3) is 5.94. The Labute approximate surface area is 111 Å². The summed E-state index contributed by atoms with van der Waals surface area (Å²) >= 11 is 0. The van der Waals surface area contributed by atoms with Crippen LogP contribution in [0.4, 0.5) is 0 Å². The summed E-state index contributed by atoms with van der Waals surface area (Å²) in [5.41, 5.74) is -0.402. The molecule has 0 saturated carbocycles. The number of aromatic amines is 1. The SMILES string of the molecule is CC(C)(C)C(=O)NCCCC(=O)NCc1nn[nH]n1. The van der Waals surface area contributed by atoms with Crippen molar-refractivity contribution in [3.8, 4) is 0 Å². The molecule has 0 atom stereocenters. The summed E-state index contributed by atoms with van der Waals surface area (Å²) in [6, 6.07) is 0. The average Bonchev–Trinajstić information content (AvgIpc) is 2.83. The third-order valence-corrected chi connectivity index (χ3v) is 2.38. The molecule has 0 aliphatic heterocycles. The van der Waals surface area contributed by atoms with Crippen LogP contribution in [0.25, 0.3) is 0 Å². The molecule has 0 saturated heterocycles. The van der Waals surface area contributed by atoms with Crippen LogP contribution < -0.4 is 10.6 Å². The zero-order chi connectivity index (χ0) is 14.3. The second-order valence-corrected chi connectivity index (χ2v) is 5.21. The van der Waals surface area contributed by atoms with Crippen LogP contribution in [0.15, 0.2) is 0 Å². The van der Waals surface area contributed by atoms with Gasteiger partial charge in [-0.25, -0.2) is 0 Å². The molecule has 0 bridgehead atoms. The summed E-state index contributed by atoms with van der Waals surface area (Å²) in [5, 5.41) is 18.6. The molecule has 1 aromatic heterocycles. The third-order valence-electron chi connectivity index (χ3n) is 2.38. The number of carbonyl (C=O) groups is 2. The first kappa shape index (κ1) is 15.1. The van der Waals surface area contributed by atoms with Gasteiger partial charge in [-0.15, -0.1) is 10.2 Å². The number of hydrogen-bond acceptors (Lipinski definition) is 5. The molecular weight excluding hydrogens is 248 g/mol. The van der Waals surface area contributed by atoms with E-state index in [9.17, 15) is 9.59 Å². The maximum atomic E-state index is 11.6. The van der Waals surface area contributed by atoms with Gasteiger partial charge in [-0.05, 0) is 6.42 Å².